The van der Waals surface area contributed by atoms with E-state index in [4.69, 9.17) is 17.3 Å². The fraction of sp³-hybridized carbons (Fsp3) is 0.429. The van der Waals surface area contributed by atoms with Crippen molar-refractivity contribution in [1.82, 2.24) is 5.32 Å². The van der Waals surface area contributed by atoms with Crippen molar-refractivity contribution in [3.63, 3.8) is 0 Å². The van der Waals surface area contributed by atoms with Crippen LogP contribution in [-0.4, -0.2) is 17.2 Å². The van der Waals surface area contributed by atoms with Gasteiger partial charge in [-0.15, -0.1) is 11.8 Å². The number of carbonyl (C=O) groups is 1. The molecule has 1 fully saturated rings. The van der Waals surface area contributed by atoms with Gasteiger partial charge < -0.3 is 11.1 Å². The average Bonchev–Trinajstić information content (AvgIpc) is 3.24. The Kier molecular flexibility index (Phi) is 4.46. The van der Waals surface area contributed by atoms with Gasteiger partial charge in [0.15, 0.2) is 0 Å². The predicted octanol–water partition coefficient (Wildman–Crippen LogP) is 2.82. The molecule has 1 aromatic rings. The van der Waals surface area contributed by atoms with Crippen molar-refractivity contribution in [2.45, 2.75) is 30.2 Å². The number of amides is 1. The third-order valence-electron chi connectivity index (χ3n) is 3.34. The monoisotopic (exact) mass is 309 g/mol. The third-order valence-corrected chi connectivity index (χ3v) is 4.84. The lowest BCUT2D eigenvalue weighted by Gasteiger charge is -2.22. The molecule has 1 amide bonds. The maximum Gasteiger partial charge on any atom is 0.231 e. The van der Waals surface area contributed by atoms with E-state index in [1.54, 1.807) is 25.1 Å². The molecule has 0 aliphatic heterocycles. The molecule has 1 aromatic carbocycles. The highest BCUT2D eigenvalue weighted by molar-refractivity contribution is 8.00. The first-order valence-corrected chi connectivity index (χ1v) is 7.71. The van der Waals surface area contributed by atoms with Gasteiger partial charge in [-0.2, -0.15) is 5.26 Å². The number of nitrogens with zero attached hydrogens (tertiary/aromatic N) is 1. The summed E-state index contributed by atoms with van der Waals surface area (Å²) in [6.07, 6.45) is 2.00. The van der Waals surface area contributed by atoms with Gasteiger partial charge in [0.1, 0.15) is 5.54 Å². The fourth-order valence-corrected chi connectivity index (χ4v) is 3.05. The highest BCUT2D eigenvalue weighted by atomic mass is 35.5. The van der Waals surface area contributed by atoms with Crippen LogP contribution in [0.1, 0.15) is 19.8 Å². The van der Waals surface area contributed by atoms with Gasteiger partial charge >= 0.3 is 0 Å². The number of benzene rings is 1. The maximum atomic E-state index is 12.0. The zero-order chi connectivity index (χ0) is 14.8. The molecule has 1 aliphatic carbocycles. The second-order valence-corrected chi connectivity index (χ2v) is 6.54. The van der Waals surface area contributed by atoms with Crippen molar-refractivity contribution in [2.75, 3.05) is 11.5 Å². The number of rotatable bonds is 5. The second kappa shape index (κ2) is 5.94. The van der Waals surface area contributed by atoms with E-state index in [2.05, 4.69) is 11.4 Å². The molecule has 1 atom stereocenters. The van der Waals surface area contributed by atoms with E-state index in [0.29, 0.717) is 10.7 Å². The van der Waals surface area contributed by atoms with Crippen molar-refractivity contribution in [1.29, 1.82) is 5.26 Å². The quantitative estimate of drug-likeness (QED) is 0.647. The number of nitrogen functional groups attached to an aromatic ring is 1. The fourth-order valence-electron chi connectivity index (χ4n) is 1.98. The number of nitrogens with one attached hydrogen (secondary N) is 1. The Morgan fingerprint density at radius 3 is 2.95 bits per heavy atom. The zero-order valence-electron chi connectivity index (χ0n) is 11.1. The van der Waals surface area contributed by atoms with Crippen molar-refractivity contribution < 1.29 is 4.79 Å². The maximum absolute atomic E-state index is 12.0. The first kappa shape index (κ1) is 15.0. The van der Waals surface area contributed by atoms with E-state index < -0.39 is 5.54 Å². The minimum atomic E-state index is -0.753. The molecule has 6 heteroatoms. The molecule has 0 radical (unpaired) electrons. The van der Waals surface area contributed by atoms with E-state index in [1.165, 1.54) is 11.8 Å². The lowest BCUT2D eigenvalue weighted by Crippen LogP contribution is -2.47. The molecule has 4 nitrogen and oxygen atoms in total. The van der Waals surface area contributed by atoms with Crippen molar-refractivity contribution in [3.8, 4) is 6.07 Å². The van der Waals surface area contributed by atoms with Crippen LogP contribution >= 0.6 is 23.4 Å². The van der Waals surface area contributed by atoms with Crippen molar-refractivity contribution in [2.24, 2.45) is 5.92 Å². The zero-order valence-corrected chi connectivity index (χ0v) is 12.7. The Morgan fingerprint density at radius 1 is 1.65 bits per heavy atom. The van der Waals surface area contributed by atoms with Crippen LogP contribution in [-0.2, 0) is 4.79 Å². The van der Waals surface area contributed by atoms with Crippen LogP contribution in [0.15, 0.2) is 23.1 Å². The number of halogens is 1. The van der Waals surface area contributed by atoms with Crippen LogP contribution in [0.25, 0.3) is 0 Å². The number of anilines is 1. The summed E-state index contributed by atoms with van der Waals surface area (Å²) in [7, 11) is 0. The van der Waals surface area contributed by atoms with Gasteiger partial charge in [0.05, 0.1) is 16.8 Å². The molecule has 106 valence electrons. The number of thioether (sulfide) groups is 1. The summed E-state index contributed by atoms with van der Waals surface area (Å²) >= 11 is 7.36. The molecule has 0 bridgehead atoms. The minimum absolute atomic E-state index is 0.163. The molecule has 1 saturated carbocycles. The van der Waals surface area contributed by atoms with Crippen LogP contribution in [0.3, 0.4) is 0 Å². The number of nitriles is 1. The summed E-state index contributed by atoms with van der Waals surface area (Å²) < 4.78 is 0. The smallest absolute Gasteiger partial charge is 0.231 e. The number of hydrogen-bond donors (Lipinski definition) is 2. The van der Waals surface area contributed by atoms with Crippen LogP contribution in [0, 0.1) is 17.2 Å². The van der Waals surface area contributed by atoms with Crippen molar-refractivity contribution >= 4 is 35.0 Å². The SMILES string of the molecule is CC(C#N)(NC(=O)CSc1cc(N)ccc1Cl)C1CC1. The van der Waals surface area contributed by atoms with Crippen LogP contribution < -0.4 is 11.1 Å². The second-order valence-electron chi connectivity index (χ2n) is 5.12. The Labute approximate surface area is 127 Å². The highest BCUT2D eigenvalue weighted by Gasteiger charge is 2.42. The van der Waals surface area contributed by atoms with E-state index in [0.717, 1.165) is 17.7 Å². The molecule has 1 unspecified atom stereocenters. The van der Waals surface area contributed by atoms with Gasteiger partial charge in [-0.1, -0.05) is 11.6 Å². The van der Waals surface area contributed by atoms with Gasteiger partial charge in [-0.05, 0) is 43.9 Å². The van der Waals surface area contributed by atoms with Gasteiger partial charge in [-0.3, -0.25) is 4.79 Å². The first-order chi connectivity index (χ1) is 9.44. The Hall–Kier alpha value is -1.38. The Morgan fingerprint density at radius 2 is 2.35 bits per heavy atom. The van der Waals surface area contributed by atoms with E-state index in [1.807, 2.05) is 0 Å². The Balaban J connectivity index is 1.92. The molecule has 0 aromatic heterocycles. The molecule has 1 aliphatic rings. The number of nitrogens with two attached hydrogens (primary N) is 1. The van der Waals surface area contributed by atoms with Crippen molar-refractivity contribution in [3.05, 3.63) is 23.2 Å². The largest absolute Gasteiger partial charge is 0.399 e. The highest BCUT2D eigenvalue weighted by Crippen LogP contribution is 2.39. The van der Waals surface area contributed by atoms with Crippen LogP contribution in [0.2, 0.25) is 5.02 Å². The van der Waals surface area contributed by atoms with Crippen LogP contribution in [0.5, 0.6) is 0 Å². The Bertz CT molecular complexity index is 568. The normalized spacial score (nSPS) is 17.1. The molecule has 20 heavy (non-hydrogen) atoms. The van der Waals surface area contributed by atoms with Gasteiger partial charge in [-0.25, -0.2) is 0 Å². The predicted molar refractivity (Wildman–Crippen MR) is 81.5 cm³/mol. The summed E-state index contributed by atoms with van der Waals surface area (Å²) in [5.41, 5.74) is 5.55. The molecular formula is C14H16ClN3OS. The lowest BCUT2D eigenvalue weighted by molar-refractivity contribution is -0.119. The molecule has 3 N–H and O–H groups in total. The van der Waals surface area contributed by atoms with E-state index >= 15 is 0 Å². The summed E-state index contributed by atoms with van der Waals surface area (Å²) in [6.45, 7) is 1.78. The standard InChI is InChI=1S/C14H16ClN3OS/c1-14(8-16,9-2-3-9)18-13(19)7-20-12-6-10(17)4-5-11(12)15/h4-6,9H,2-3,7,17H2,1H3,(H,18,19). The summed E-state index contributed by atoms with van der Waals surface area (Å²) in [6, 6.07) is 7.37. The molecule has 0 saturated heterocycles. The van der Waals surface area contributed by atoms with Gasteiger partial charge in [0.2, 0.25) is 5.91 Å². The summed E-state index contributed by atoms with van der Waals surface area (Å²) in [5.74, 6) is 0.328. The third kappa shape index (κ3) is 3.59. The topological polar surface area (TPSA) is 78.9 Å². The van der Waals surface area contributed by atoms with E-state index in [9.17, 15) is 10.1 Å². The molecular weight excluding hydrogens is 294 g/mol. The minimum Gasteiger partial charge on any atom is -0.399 e. The summed E-state index contributed by atoms with van der Waals surface area (Å²) in [5, 5.41) is 12.6. The average molecular weight is 310 g/mol. The molecule has 0 spiro atoms. The molecule has 2 rings (SSSR count). The number of hydrogen-bond acceptors (Lipinski definition) is 4. The summed E-state index contributed by atoms with van der Waals surface area (Å²) in [4.78, 5) is 12.7. The van der Waals surface area contributed by atoms with Gasteiger partial charge in [0.25, 0.3) is 0 Å². The van der Waals surface area contributed by atoms with Crippen LogP contribution in [0.4, 0.5) is 5.69 Å². The number of carbonyl (C=O) groups excluding carboxylic acids is 1. The van der Waals surface area contributed by atoms with Gasteiger partial charge in [0, 0.05) is 10.6 Å². The lowest BCUT2D eigenvalue weighted by atomic mass is 9.98. The molecule has 0 heterocycles. The van der Waals surface area contributed by atoms with E-state index in [-0.39, 0.29) is 17.6 Å². The first-order valence-electron chi connectivity index (χ1n) is 6.34.